The molecule has 1 unspecified atom stereocenters. The maximum absolute atomic E-state index is 10.4. The molecule has 1 heterocycles. The van der Waals surface area contributed by atoms with Gasteiger partial charge in [-0.05, 0) is 6.92 Å². The van der Waals surface area contributed by atoms with E-state index in [1.54, 1.807) is 6.92 Å². The predicted octanol–water partition coefficient (Wildman–Crippen LogP) is -0.330. The smallest absolute Gasteiger partial charge is 0.250 e. The molecule has 0 N–H and O–H groups in total. The molecule has 0 spiro atoms. The van der Waals surface area contributed by atoms with Crippen LogP contribution in [0.2, 0.25) is 0 Å². The molecule has 1 rings (SSSR count). The van der Waals surface area contributed by atoms with Crippen molar-refractivity contribution in [2.24, 2.45) is 0 Å². The molecule has 2 radical (unpaired) electrons. The van der Waals surface area contributed by atoms with Gasteiger partial charge in [0, 0.05) is 0 Å². The summed E-state index contributed by atoms with van der Waals surface area (Å²) in [5.41, 5.74) is 0. The normalized spacial score (nSPS) is 28.1. The first kappa shape index (κ1) is 5.76. The fraction of sp³-hybridized carbons (Fsp3) is 0.500. The maximum atomic E-state index is 10.4. The molecule has 1 atom stereocenters. The van der Waals surface area contributed by atoms with Gasteiger partial charge in [-0.25, -0.2) is 0 Å². The van der Waals surface area contributed by atoms with Crippen LogP contribution in [0.3, 0.4) is 0 Å². The van der Waals surface area contributed by atoms with Crippen LogP contribution in [-0.2, 0) is 4.79 Å². The summed E-state index contributed by atoms with van der Waals surface area (Å²) in [5, 5.41) is 0. The van der Waals surface area contributed by atoms with Crippen molar-refractivity contribution in [3.63, 3.8) is 0 Å². The first-order chi connectivity index (χ1) is 3.64. The van der Waals surface area contributed by atoms with Crippen molar-refractivity contribution >= 4 is 31.0 Å². The fourth-order valence-electron chi connectivity index (χ4n) is 0.542. The molecule has 0 saturated carbocycles. The Balaban J connectivity index is 2.68. The van der Waals surface area contributed by atoms with E-state index in [0.717, 1.165) is 4.81 Å². The third kappa shape index (κ3) is 0.493. The first-order valence-electron chi connectivity index (χ1n) is 2.26. The molecular formula is C4H4BNOS. The summed E-state index contributed by atoms with van der Waals surface area (Å²) in [5.74, 6) is -0.215. The van der Waals surface area contributed by atoms with E-state index in [4.69, 9.17) is 7.98 Å². The van der Waals surface area contributed by atoms with E-state index in [2.05, 4.69) is 12.2 Å². The molecule has 0 bridgehead atoms. The second kappa shape index (κ2) is 1.55. The van der Waals surface area contributed by atoms with Crippen molar-refractivity contribution in [1.29, 1.82) is 0 Å². The minimum atomic E-state index is -0.215. The molecule has 8 heavy (non-hydrogen) atoms. The number of carbonyl (C=O) groups excluding carboxylic acids is 1. The molecule has 0 aromatic carbocycles. The molecule has 0 aromatic rings. The molecule has 1 aliphatic rings. The number of hydrogen-bond donors (Lipinski definition) is 0. The van der Waals surface area contributed by atoms with Crippen molar-refractivity contribution in [2.75, 3.05) is 0 Å². The quantitative estimate of drug-likeness (QED) is 0.251. The fourth-order valence-corrected chi connectivity index (χ4v) is 0.761. The van der Waals surface area contributed by atoms with Crippen LogP contribution in [0.1, 0.15) is 6.92 Å². The lowest BCUT2D eigenvalue weighted by Gasteiger charge is -2.35. The first-order valence-corrected chi connectivity index (χ1v) is 2.67. The zero-order chi connectivity index (χ0) is 6.31. The van der Waals surface area contributed by atoms with Crippen molar-refractivity contribution < 1.29 is 4.79 Å². The van der Waals surface area contributed by atoms with Crippen molar-refractivity contribution in [3.8, 4) is 0 Å². The zero-order valence-electron chi connectivity index (χ0n) is 4.42. The largest absolute Gasteiger partial charge is 0.385 e. The summed E-state index contributed by atoms with van der Waals surface area (Å²) in [6, 6.07) is -0.0301. The summed E-state index contributed by atoms with van der Waals surface area (Å²) >= 11 is 4.63. The standard InChI is InChI=1S/C4H4BNOS/c1-2-3(8)4(7)6(2)5/h2H,1H3. The molecule has 40 valence electrons. The molecule has 1 amide bonds. The van der Waals surface area contributed by atoms with Crippen LogP contribution in [0.5, 0.6) is 0 Å². The van der Waals surface area contributed by atoms with Gasteiger partial charge in [-0.15, -0.1) is 0 Å². The Labute approximate surface area is 54.3 Å². The Hall–Kier alpha value is -0.375. The number of amides is 1. The molecule has 2 nitrogen and oxygen atoms in total. The lowest BCUT2D eigenvalue weighted by molar-refractivity contribution is -0.123. The van der Waals surface area contributed by atoms with E-state index in [1.165, 1.54) is 0 Å². The Morgan fingerprint density at radius 2 is 2.38 bits per heavy atom. The summed E-state index contributed by atoms with van der Waals surface area (Å²) in [6.45, 7) is 1.80. The van der Waals surface area contributed by atoms with Gasteiger partial charge in [0.25, 0.3) is 0 Å². The van der Waals surface area contributed by atoms with E-state index in [9.17, 15) is 4.79 Å². The van der Waals surface area contributed by atoms with E-state index in [1.807, 2.05) is 0 Å². The second-order valence-electron chi connectivity index (χ2n) is 1.75. The predicted molar refractivity (Wildman–Crippen MR) is 34.7 cm³/mol. The minimum Gasteiger partial charge on any atom is -0.385 e. The molecule has 1 saturated heterocycles. The van der Waals surface area contributed by atoms with Gasteiger partial charge in [0.1, 0.15) is 0 Å². The van der Waals surface area contributed by atoms with Gasteiger partial charge in [0.05, 0.1) is 10.9 Å². The number of thiocarbonyl (C=S) groups is 1. The van der Waals surface area contributed by atoms with Crippen LogP contribution in [0.25, 0.3) is 0 Å². The van der Waals surface area contributed by atoms with Crippen LogP contribution in [0.15, 0.2) is 0 Å². The highest BCUT2D eigenvalue weighted by Crippen LogP contribution is 2.11. The SMILES string of the molecule is [B]N1C(=O)C(=S)C1C. The summed E-state index contributed by atoms with van der Waals surface area (Å²) in [7, 11) is 5.15. The molecule has 1 aliphatic heterocycles. The van der Waals surface area contributed by atoms with Crippen molar-refractivity contribution in [3.05, 3.63) is 0 Å². The molecule has 4 heteroatoms. The van der Waals surface area contributed by atoms with E-state index in [-0.39, 0.29) is 11.9 Å². The van der Waals surface area contributed by atoms with Crippen LogP contribution < -0.4 is 0 Å². The Morgan fingerprint density at radius 1 is 1.88 bits per heavy atom. The highest BCUT2D eigenvalue weighted by atomic mass is 32.1. The number of hydrogen-bond acceptors (Lipinski definition) is 2. The van der Waals surface area contributed by atoms with Crippen LogP contribution in [0, 0.1) is 0 Å². The average molecular weight is 125 g/mol. The van der Waals surface area contributed by atoms with Gasteiger partial charge >= 0.3 is 0 Å². The van der Waals surface area contributed by atoms with Gasteiger partial charge in [-0.2, -0.15) is 0 Å². The van der Waals surface area contributed by atoms with Gasteiger partial charge in [0.2, 0.25) is 13.9 Å². The Bertz CT molecular complexity index is 140. The van der Waals surface area contributed by atoms with Crippen molar-refractivity contribution in [1.82, 2.24) is 4.81 Å². The third-order valence-corrected chi connectivity index (χ3v) is 1.76. The lowest BCUT2D eigenvalue weighted by Crippen LogP contribution is -2.57. The number of carbonyl (C=O) groups is 1. The van der Waals surface area contributed by atoms with Gasteiger partial charge in [-0.1, -0.05) is 12.2 Å². The average Bonchev–Trinajstić information content (AvgIpc) is 1.83. The number of β-lactam (4-membered cyclic amide) rings is 1. The molecular weight excluding hydrogens is 121 g/mol. The lowest BCUT2D eigenvalue weighted by atomic mass is 9.99. The highest BCUT2D eigenvalue weighted by Gasteiger charge is 2.34. The van der Waals surface area contributed by atoms with E-state index >= 15 is 0 Å². The summed E-state index contributed by atoms with van der Waals surface area (Å²) in [6.07, 6.45) is 0. The van der Waals surface area contributed by atoms with Crippen LogP contribution in [-0.4, -0.2) is 29.6 Å². The Morgan fingerprint density at radius 3 is 2.50 bits per heavy atom. The number of rotatable bonds is 0. The maximum Gasteiger partial charge on any atom is 0.250 e. The third-order valence-electron chi connectivity index (χ3n) is 1.24. The topological polar surface area (TPSA) is 20.3 Å². The second-order valence-corrected chi connectivity index (χ2v) is 2.19. The number of nitrogens with zero attached hydrogens (tertiary/aromatic N) is 1. The summed E-state index contributed by atoms with van der Waals surface area (Å²) in [4.78, 5) is 12.0. The van der Waals surface area contributed by atoms with Gasteiger partial charge < -0.3 is 4.81 Å². The van der Waals surface area contributed by atoms with E-state index in [0.29, 0.717) is 4.86 Å². The zero-order valence-corrected chi connectivity index (χ0v) is 5.23. The highest BCUT2D eigenvalue weighted by molar-refractivity contribution is 7.82. The van der Waals surface area contributed by atoms with Crippen LogP contribution in [0.4, 0.5) is 0 Å². The van der Waals surface area contributed by atoms with Gasteiger partial charge in [0.15, 0.2) is 0 Å². The molecule has 0 aromatic heterocycles. The molecule has 0 aliphatic carbocycles. The monoisotopic (exact) mass is 125 g/mol. The molecule has 1 fully saturated rings. The van der Waals surface area contributed by atoms with Crippen molar-refractivity contribution in [2.45, 2.75) is 13.0 Å². The Kier molecular flexibility index (Phi) is 1.12. The van der Waals surface area contributed by atoms with Gasteiger partial charge in [-0.3, -0.25) is 4.79 Å². The van der Waals surface area contributed by atoms with Crippen LogP contribution >= 0.6 is 12.2 Å². The minimum absolute atomic E-state index is 0.0301. The summed E-state index contributed by atoms with van der Waals surface area (Å²) < 4.78 is 0. The van der Waals surface area contributed by atoms with E-state index < -0.39 is 0 Å².